The maximum Gasteiger partial charge on any atom is 0.337 e. The third kappa shape index (κ3) is 6.40. The number of hydrogen-bond donors (Lipinski definition) is 1. The summed E-state index contributed by atoms with van der Waals surface area (Å²) in [4.78, 5) is 36.6. The van der Waals surface area contributed by atoms with Crippen LogP contribution in [0.25, 0.3) is 0 Å². The lowest BCUT2D eigenvalue weighted by molar-refractivity contribution is -0.121. The van der Waals surface area contributed by atoms with E-state index in [0.717, 1.165) is 6.42 Å². The number of esters is 1. The molecule has 1 rings (SSSR count). The molecule has 0 aromatic heterocycles. The van der Waals surface area contributed by atoms with Gasteiger partial charge in [0.25, 0.3) is 0 Å². The van der Waals surface area contributed by atoms with Crippen LogP contribution in [0.4, 0.5) is 5.69 Å². The Balaban J connectivity index is 2.62. The lowest BCUT2D eigenvalue weighted by atomic mass is 10.1. The quantitative estimate of drug-likeness (QED) is 0.741. The molecule has 2 amide bonds. The fourth-order valence-corrected chi connectivity index (χ4v) is 2.17. The van der Waals surface area contributed by atoms with Crippen molar-refractivity contribution < 1.29 is 19.1 Å². The molecule has 6 nitrogen and oxygen atoms in total. The summed E-state index contributed by atoms with van der Waals surface area (Å²) in [5, 5.41) is 2.85. The van der Waals surface area contributed by atoms with Crippen molar-refractivity contribution in [3.05, 3.63) is 29.8 Å². The number of benzene rings is 1. The topological polar surface area (TPSA) is 75.7 Å². The molecule has 0 spiro atoms. The number of nitrogens with zero attached hydrogens (tertiary/aromatic N) is 1. The van der Waals surface area contributed by atoms with E-state index in [-0.39, 0.29) is 18.2 Å². The van der Waals surface area contributed by atoms with Crippen LogP contribution in [0.15, 0.2) is 24.3 Å². The van der Waals surface area contributed by atoms with E-state index in [1.807, 2.05) is 0 Å². The van der Waals surface area contributed by atoms with Crippen LogP contribution in [0.5, 0.6) is 0 Å². The Bertz CT molecular complexity index is 567. The summed E-state index contributed by atoms with van der Waals surface area (Å²) in [6, 6.07) is 6.54. The number of nitrogens with one attached hydrogen (secondary N) is 1. The molecule has 0 aliphatic carbocycles. The summed E-state index contributed by atoms with van der Waals surface area (Å²) in [6.45, 7) is 6.58. The number of anilines is 1. The van der Waals surface area contributed by atoms with Crippen molar-refractivity contribution in [3.63, 3.8) is 0 Å². The molecular formula is C18H26N2O4. The molecule has 24 heavy (non-hydrogen) atoms. The first-order valence-electron chi connectivity index (χ1n) is 8.08. The first kappa shape index (κ1) is 19.7. The van der Waals surface area contributed by atoms with E-state index in [9.17, 15) is 14.4 Å². The Labute approximate surface area is 143 Å². The molecule has 0 radical (unpaired) electrons. The number of hydrogen-bond acceptors (Lipinski definition) is 4. The number of carbonyl (C=O) groups is 3. The summed E-state index contributed by atoms with van der Waals surface area (Å²) >= 11 is 0. The van der Waals surface area contributed by atoms with Crippen molar-refractivity contribution in [2.45, 2.75) is 33.6 Å². The molecule has 0 saturated heterocycles. The van der Waals surface area contributed by atoms with Gasteiger partial charge in [0.2, 0.25) is 11.8 Å². The van der Waals surface area contributed by atoms with E-state index >= 15 is 0 Å². The Hall–Kier alpha value is -2.37. The van der Waals surface area contributed by atoms with E-state index < -0.39 is 5.97 Å². The van der Waals surface area contributed by atoms with Crippen molar-refractivity contribution in [3.8, 4) is 0 Å². The molecular weight excluding hydrogens is 308 g/mol. The third-order valence-electron chi connectivity index (χ3n) is 3.59. The van der Waals surface area contributed by atoms with Crippen LogP contribution < -0.4 is 10.2 Å². The predicted octanol–water partition coefficient (Wildman–Crippen LogP) is 2.38. The molecule has 0 atom stereocenters. The number of rotatable bonds is 8. The third-order valence-corrected chi connectivity index (χ3v) is 3.59. The minimum atomic E-state index is -0.430. The molecule has 0 unspecified atom stereocenters. The highest BCUT2D eigenvalue weighted by molar-refractivity contribution is 5.94. The van der Waals surface area contributed by atoms with Crippen LogP contribution in [0.3, 0.4) is 0 Å². The zero-order valence-electron chi connectivity index (χ0n) is 14.8. The van der Waals surface area contributed by atoms with E-state index in [1.165, 1.54) is 18.9 Å². The lowest BCUT2D eigenvalue weighted by Gasteiger charge is -2.21. The van der Waals surface area contributed by atoms with Gasteiger partial charge in [0.1, 0.15) is 0 Å². The van der Waals surface area contributed by atoms with Gasteiger partial charge in [-0.1, -0.05) is 13.8 Å². The van der Waals surface area contributed by atoms with E-state index in [0.29, 0.717) is 30.3 Å². The fourth-order valence-electron chi connectivity index (χ4n) is 2.17. The van der Waals surface area contributed by atoms with Crippen molar-refractivity contribution in [2.75, 3.05) is 25.1 Å². The molecule has 1 aromatic carbocycles. The molecule has 0 saturated carbocycles. The van der Waals surface area contributed by atoms with Crippen LogP contribution in [0.2, 0.25) is 0 Å². The fraction of sp³-hybridized carbons (Fsp3) is 0.500. The van der Waals surface area contributed by atoms with Gasteiger partial charge in [0, 0.05) is 32.1 Å². The Morgan fingerprint density at radius 3 is 2.29 bits per heavy atom. The average molecular weight is 334 g/mol. The zero-order valence-corrected chi connectivity index (χ0v) is 14.8. The molecule has 1 N–H and O–H groups in total. The predicted molar refractivity (Wildman–Crippen MR) is 92.9 cm³/mol. The maximum absolute atomic E-state index is 11.9. The van der Waals surface area contributed by atoms with Crippen molar-refractivity contribution in [1.82, 2.24) is 5.32 Å². The van der Waals surface area contributed by atoms with Crippen molar-refractivity contribution >= 4 is 23.5 Å². The van der Waals surface area contributed by atoms with Gasteiger partial charge >= 0.3 is 5.97 Å². The van der Waals surface area contributed by atoms with E-state index in [1.54, 1.807) is 24.3 Å². The minimum absolute atomic E-state index is 0.0759. The summed E-state index contributed by atoms with van der Waals surface area (Å²) in [5.41, 5.74) is 1.06. The van der Waals surface area contributed by atoms with Gasteiger partial charge < -0.3 is 15.0 Å². The Kier molecular flexibility index (Phi) is 7.95. The van der Waals surface area contributed by atoms with Crippen LogP contribution >= 0.6 is 0 Å². The SMILES string of the molecule is COC(=O)c1ccc(N(CCC(=O)NCCC(C)C)C(C)=O)cc1. The molecule has 6 heteroatoms. The van der Waals surface area contributed by atoms with Gasteiger partial charge in [-0.3, -0.25) is 9.59 Å². The minimum Gasteiger partial charge on any atom is -0.465 e. The molecule has 0 heterocycles. The molecule has 0 aliphatic heterocycles. The summed E-state index contributed by atoms with van der Waals surface area (Å²) in [6.07, 6.45) is 1.16. The summed E-state index contributed by atoms with van der Waals surface area (Å²) < 4.78 is 4.64. The van der Waals surface area contributed by atoms with Gasteiger partial charge in [0.05, 0.1) is 12.7 Å². The Morgan fingerprint density at radius 1 is 1.17 bits per heavy atom. The lowest BCUT2D eigenvalue weighted by Crippen LogP contribution is -2.34. The monoisotopic (exact) mass is 334 g/mol. The van der Waals surface area contributed by atoms with Crippen molar-refractivity contribution in [1.29, 1.82) is 0 Å². The normalized spacial score (nSPS) is 10.4. The maximum atomic E-state index is 11.9. The van der Waals surface area contributed by atoms with Crippen LogP contribution in [-0.4, -0.2) is 38.0 Å². The first-order valence-corrected chi connectivity index (χ1v) is 8.08. The highest BCUT2D eigenvalue weighted by Crippen LogP contribution is 2.16. The molecule has 0 bridgehead atoms. The largest absolute Gasteiger partial charge is 0.465 e. The Morgan fingerprint density at radius 2 is 1.79 bits per heavy atom. The molecule has 1 aromatic rings. The van der Waals surface area contributed by atoms with Crippen molar-refractivity contribution in [2.24, 2.45) is 5.92 Å². The average Bonchev–Trinajstić information content (AvgIpc) is 2.54. The summed E-state index contributed by atoms with van der Waals surface area (Å²) in [5.74, 6) is -0.128. The number of methoxy groups -OCH3 is 1. The van der Waals surface area contributed by atoms with Gasteiger partial charge in [-0.25, -0.2) is 4.79 Å². The molecule has 132 valence electrons. The smallest absolute Gasteiger partial charge is 0.337 e. The second-order valence-corrected chi connectivity index (χ2v) is 5.99. The highest BCUT2D eigenvalue weighted by atomic mass is 16.5. The standard InChI is InChI=1S/C18H26N2O4/c1-13(2)9-11-19-17(22)10-12-20(14(3)21)16-7-5-15(6-8-16)18(23)24-4/h5-8,13H,9-12H2,1-4H3,(H,19,22). The van der Waals surface area contributed by atoms with Crippen LogP contribution in [0, 0.1) is 5.92 Å². The van der Waals surface area contributed by atoms with Crippen LogP contribution in [0.1, 0.15) is 44.0 Å². The van der Waals surface area contributed by atoms with Gasteiger partial charge in [-0.05, 0) is 36.6 Å². The molecule has 0 aliphatic rings. The number of ether oxygens (including phenoxy) is 1. The van der Waals surface area contributed by atoms with E-state index in [4.69, 9.17) is 0 Å². The highest BCUT2D eigenvalue weighted by Gasteiger charge is 2.14. The van der Waals surface area contributed by atoms with E-state index in [2.05, 4.69) is 23.9 Å². The zero-order chi connectivity index (χ0) is 18.1. The first-order chi connectivity index (χ1) is 11.3. The second-order valence-electron chi connectivity index (χ2n) is 5.99. The second kappa shape index (κ2) is 9.70. The number of amides is 2. The van der Waals surface area contributed by atoms with Crippen LogP contribution in [-0.2, 0) is 14.3 Å². The van der Waals surface area contributed by atoms with Gasteiger partial charge in [-0.2, -0.15) is 0 Å². The van der Waals surface area contributed by atoms with Gasteiger partial charge in [-0.15, -0.1) is 0 Å². The summed E-state index contributed by atoms with van der Waals surface area (Å²) in [7, 11) is 1.32. The van der Waals surface area contributed by atoms with Gasteiger partial charge in [0.15, 0.2) is 0 Å². The number of carbonyl (C=O) groups excluding carboxylic acids is 3. The molecule has 0 fully saturated rings.